The molecule has 1 aliphatic heterocycles. The van der Waals surface area contributed by atoms with Gasteiger partial charge in [0.1, 0.15) is 17.3 Å². The van der Waals surface area contributed by atoms with Gasteiger partial charge in [0.15, 0.2) is 23.1 Å². The largest absolute Gasteiger partial charge is 0.662 e. The second-order valence-electron chi connectivity index (χ2n) is 12.8. The number of ketones is 2. The van der Waals surface area contributed by atoms with Crippen LogP contribution in [-0.2, 0) is 68.8 Å². The molecule has 4 aromatic rings. The van der Waals surface area contributed by atoms with E-state index in [-0.39, 0.29) is 68.7 Å². The standard InChI is InChI=1S/C35H33F2N2O4.C4H11O3P.Y/c1-22-16-27-29(20-32(22)42-21-24-8-13-38-14-9-24)39-15-10-30(27)43-31-7-4-25(17-28(31)37)19-34(41)35(11-12-35)33(40)18-23-2-5-26(36)6-3-23;1-3-6-8(5)7-4-2;/h2-7,10,15-17,20,24H,8-9,11-14,18-19,21H2,1H3;8H,3-4H2,1-2H3;/q-1;;. The van der Waals surface area contributed by atoms with E-state index in [1.165, 1.54) is 24.3 Å². The van der Waals surface area contributed by atoms with E-state index in [0.717, 1.165) is 42.6 Å². The average Bonchev–Trinajstić information content (AvgIpc) is 3.94. The van der Waals surface area contributed by atoms with Crippen LogP contribution in [0.3, 0.4) is 0 Å². The molecular formula is C39H44F2N2O7PY-. The van der Waals surface area contributed by atoms with Gasteiger partial charge in [-0.3, -0.25) is 19.1 Å². The van der Waals surface area contributed by atoms with E-state index in [1.54, 1.807) is 44.3 Å². The summed E-state index contributed by atoms with van der Waals surface area (Å²) in [6.45, 7) is 8.85. The molecule has 3 aromatic carbocycles. The van der Waals surface area contributed by atoms with E-state index >= 15 is 4.39 Å². The number of aromatic nitrogens is 1. The maximum absolute atomic E-state index is 15.2. The van der Waals surface area contributed by atoms with Gasteiger partial charge < -0.3 is 23.8 Å². The molecule has 2 aliphatic rings. The second kappa shape index (κ2) is 20.0. The fraction of sp³-hybridized carbons (Fsp3) is 0.410. The molecule has 0 unspecified atom stereocenters. The van der Waals surface area contributed by atoms with E-state index in [0.29, 0.717) is 61.0 Å². The van der Waals surface area contributed by atoms with E-state index in [4.69, 9.17) is 9.47 Å². The van der Waals surface area contributed by atoms with Crippen LogP contribution in [0.25, 0.3) is 16.2 Å². The van der Waals surface area contributed by atoms with Crippen molar-refractivity contribution in [1.82, 2.24) is 4.98 Å². The summed E-state index contributed by atoms with van der Waals surface area (Å²) in [5, 5.41) is 5.13. The first-order valence-corrected chi connectivity index (χ1v) is 18.6. The van der Waals surface area contributed by atoms with Crippen LogP contribution in [0, 0.1) is 29.9 Å². The summed E-state index contributed by atoms with van der Waals surface area (Å²) >= 11 is 0. The molecule has 52 heavy (non-hydrogen) atoms. The minimum absolute atomic E-state index is 0. The number of rotatable bonds is 15. The first-order chi connectivity index (χ1) is 24.6. The first kappa shape index (κ1) is 41.8. The Morgan fingerprint density at radius 3 is 2.12 bits per heavy atom. The molecule has 2 fully saturated rings. The third-order valence-electron chi connectivity index (χ3n) is 9.06. The summed E-state index contributed by atoms with van der Waals surface area (Å²) < 4.78 is 60.2. The number of carbonyl (C=O) groups excluding carboxylic acids is 2. The quantitative estimate of drug-likeness (QED) is 0.0864. The number of hydrogen-bond acceptors (Lipinski definition) is 8. The van der Waals surface area contributed by atoms with Crippen LogP contribution in [0.2, 0.25) is 0 Å². The molecule has 9 nitrogen and oxygen atoms in total. The molecule has 275 valence electrons. The second-order valence-corrected chi connectivity index (χ2v) is 13.8. The van der Waals surface area contributed by atoms with Gasteiger partial charge in [-0.15, -0.1) is 13.1 Å². The number of fused-ring (bicyclic) bond motifs is 1. The maximum atomic E-state index is 15.2. The fourth-order valence-electron chi connectivity index (χ4n) is 5.96. The molecule has 0 N–H and O–H groups in total. The van der Waals surface area contributed by atoms with E-state index in [1.807, 2.05) is 19.1 Å². The predicted octanol–water partition coefficient (Wildman–Crippen LogP) is 8.93. The van der Waals surface area contributed by atoms with Crippen LogP contribution in [0.5, 0.6) is 17.2 Å². The number of aryl methyl sites for hydroxylation is 1. The van der Waals surface area contributed by atoms with Gasteiger partial charge in [0, 0.05) is 63.2 Å². The minimum Gasteiger partial charge on any atom is -0.662 e. The van der Waals surface area contributed by atoms with Crippen molar-refractivity contribution < 1.29 is 74.2 Å². The van der Waals surface area contributed by atoms with Crippen molar-refractivity contribution in [2.75, 3.05) is 32.9 Å². The van der Waals surface area contributed by atoms with Crippen molar-refractivity contribution in [3.8, 4) is 17.2 Å². The topological polar surface area (TPSA) is 115 Å². The Hall–Kier alpha value is -2.92. The zero-order chi connectivity index (χ0) is 36.4. The Kier molecular flexibility index (Phi) is 16.1. The zero-order valence-electron chi connectivity index (χ0n) is 29.8. The van der Waals surface area contributed by atoms with Crippen LogP contribution in [0.4, 0.5) is 8.78 Å². The molecule has 0 spiro atoms. The van der Waals surface area contributed by atoms with Crippen molar-refractivity contribution >= 4 is 30.7 Å². The average molecular weight is 811 g/mol. The predicted molar refractivity (Wildman–Crippen MR) is 192 cm³/mol. The number of nitrogens with zero attached hydrogens (tertiary/aromatic N) is 2. The third kappa shape index (κ3) is 11.3. The third-order valence-corrected chi connectivity index (χ3v) is 10.1. The van der Waals surface area contributed by atoms with Crippen LogP contribution >= 0.6 is 8.25 Å². The zero-order valence-corrected chi connectivity index (χ0v) is 33.6. The molecule has 0 atom stereocenters. The van der Waals surface area contributed by atoms with Crippen LogP contribution in [-0.4, -0.2) is 49.5 Å². The van der Waals surface area contributed by atoms with Crippen molar-refractivity contribution in [1.29, 1.82) is 0 Å². The number of ether oxygens (including phenoxy) is 2. The van der Waals surface area contributed by atoms with Gasteiger partial charge in [-0.1, -0.05) is 31.0 Å². The monoisotopic (exact) mass is 810 g/mol. The van der Waals surface area contributed by atoms with Gasteiger partial charge in [0.2, 0.25) is 0 Å². The SMILES string of the molecule is CCO[PH](=O)OCC.Cc1cc2c(Oc3ccc(CC(=O)C4(C(=O)Cc5ccc(F)cc5)CC4)cc3F)ccnc2cc1OCC1CC[N-]CC1.[Y]. The molecule has 1 aromatic heterocycles. The van der Waals surface area contributed by atoms with Gasteiger partial charge in [-0.05, 0) is 92.6 Å². The Bertz CT molecular complexity index is 1840. The molecule has 0 amide bonds. The number of benzene rings is 3. The van der Waals surface area contributed by atoms with Crippen molar-refractivity contribution in [2.45, 2.75) is 59.3 Å². The van der Waals surface area contributed by atoms with Crippen LogP contribution < -0.4 is 9.47 Å². The number of hydrogen-bond donors (Lipinski definition) is 0. The molecule has 0 bridgehead atoms. The summed E-state index contributed by atoms with van der Waals surface area (Å²) in [5.74, 6) is 0.364. The summed E-state index contributed by atoms with van der Waals surface area (Å²) in [5.41, 5.74) is 1.71. The van der Waals surface area contributed by atoms with E-state index in [2.05, 4.69) is 19.3 Å². The molecule has 1 saturated heterocycles. The summed E-state index contributed by atoms with van der Waals surface area (Å²) in [7, 11) is -2.14. The number of halogens is 2. The molecule has 2 heterocycles. The van der Waals surface area contributed by atoms with E-state index < -0.39 is 19.5 Å². The maximum Gasteiger partial charge on any atom is 0.319 e. The summed E-state index contributed by atoms with van der Waals surface area (Å²) in [4.78, 5) is 30.6. The minimum atomic E-state index is -2.14. The summed E-state index contributed by atoms with van der Waals surface area (Å²) in [6, 6.07) is 15.7. The number of carbonyl (C=O) groups is 2. The van der Waals surface area contributed by atoms with Gasteiger partial charge in [0.25, 0.3) is 0 Å². The Morgan fingerprint density at radius 2 is 1.50 bits per heavy atom. The van der Waals surface area contributed by atoms with Crippen LogP contribution in [0.1, 0.15) is 56.2 Å². The molecule has 1 radical (unpaired) electrons. The van der Waals surface area contributed by atoms with Gasteiger partial charge in [-0.2, -0.15) is 0 Å². The first-order valence-electron chi connectivity index (χ1n) is 17.3. The van der Waals surface area contributed by atoms with Crippen LogP contribution in [0.15, 0.2) is 66.9 Å². The fourth-order valence-corrected chi connectivity index (χ4v) is 6.52. The number of pyridine rings is 1. The number of Topliss-reactive ketones (excluding diaryl/α,β-unsaturated/α-hetero) is 2. The Labute approximate surface area is 329 Å². The van der Waals surface area contributed by atoms with Gasteiger partial charge in [0.05, 0.1) is 30.8 Å². The van der Waals surface area contributed by atoms with Crippen molar-refractivity contribution in [3.63, 3.8) is 0 Å². The van der Waals surface area contributed by atoms with Crippen molar-refractivity contribution in [2.24, 2.45) is 11.3 Å². The number of piperidine rings is 1. The Morgan fingerprint density at radius 1 is 0.865 bits per heavy atom. The summed E-state index contributed by atoms with van der Waals surface area (Å²) in [6.07, 6.45) is 4.67. The van der Waals surface area contributed by atoms with E-state index in [9.17, 15) is 18.5 Å². The Balaban J connectivity index is 0.000000604. The normalized spacial score (nSPS) is 15.0. The molecule has 13 heteroatoms. The molecular weight excluding hydrogens is 766 g/mol. The van der Waals surface area contributed by atoms with Gasteiger partial charge >= 0.3 is 8.25 Å². The van der Waals surface area contributed by atoms with Gasteiger partial charge in [-0.25, -0.2) is 8.78 Å². The molecule has 1 saturated carbocycles. The van der Waals surface area contributed by atoms with Crippen molar-refractivity contribution in [3.05, 3.63) is 101 Å². The molecule has 1 aliphatic carbocycles. The molecule has 6 rings (SSSR count). The smallest absolute Gasteiger partial charge is 0.319 e.